The van der Waals surface area contributed by atoms with Crippen LogP contribution in [-0.2, 0) is 0 Å². The van der Waals surface area contributed by atoms with Gasteiger partial charge < -0.3 is 19.4 Å². The van der Waals surface area contributed by atoms with Gasteiger partial charge in [-0.15, -0.1) is 11.3 Å². The molecule has 1 N–H and O–H groups in total. The van der Waals surface area contributed by atoms with E-state index in [2.05, 4.69) is 119 Å². The lowest BCUT2D eigenvalue weighted by Crippen LogP contribution is -2.09. The number of thiophene rings is 1. The van der Waals surface area contributed by atoms with Crippen molar-refractivity contribution < 1.29 is 9.15 Å². The van der Waals surface area contributed by atoms with Crippen molar-refractivity contribution in [2.45, 2.75) is 6.23 Å². The lowest BCUT2D eigenvalue weighted by molar-refractivity contribution is 0.260. The van der Waals surface area contributed by atoms with Crippen LogP contribution in [0.25, 0.3) is 42.7 Å². The maximum Gasteiger partial charge on any atom is 0.227 e. The van der Waals surface area contributed by atoms with E-state index in [-0.39, 0.29) is 6.23 Å². The van der Waals surface area contributed by atoms with Crippen molar-refractivity contribution in [3.05, 3.63) is 145 Å². The number of fused-ring (bicyclic) bond motifs is 5. The predicted molar refractivity (Wildman–Crippen MR) is 180 cm³/mol. The maximum absolute atomic E-state index is 6.34. The standard InChI is InChI=1S/C38H25N3O2S/c1-3-9-26(10-4-1)41(27-11-5-2-6-12-27)28-17-19-34-32(23-28)40-38(43-34)25-15-18-33-31(22-25)39-37(42-33)24-16-20-36-30(21-24)29-13-7-8-14-35(29)44-36/h1-23,37,39H. The van der Waals surface area contributed by atoms with E-state index in [0.717, 1.165) is 50.7 Å². The van der Waals surface area contributed by atoms with E-state index in [1.54, 1.807) is 0 Å². The van der Waals surface area contributed by atoms with Crippen molar-refractivity contribution in [3.63, 3.8) is 0 Å². The number of nitrogens with one attached hydrogen (secondary N) is 1. The highest BCUT2D eigenvalue weighted by molar-refractivity contribution is 7.25. The molecule has 1 aliphatic rings. The third-order valence-electron chi connectivity index (χ3n) is 8.12. The van der Waals surface area contributed by atoms with E-state index < -0.39 is 0 Å². The highest BCUT2D eigenvalue weighted by atomic mass is 32.1. The number of hydrogen-bond donors (Lipinski definition) is 1. The normalized spacial score (nSPS) is 14.0. The zero-order chi connectivity index (χ0) is 29.0. The average molecular weight is 588 g/mol. The number of nitrogens with zero attached hydrogens (tertiary/aromatic N) is 2. The molecule has 6 aromatic carbocycles. The molecule has 1 aliphatic heterocycles. The number of ether oxygens (including phenoxy) is 1. The Balaban J connectivity index is 1.03. The molecule has 0 bridgehead atoms. The van der Waals surface area contributed by atoms with Gasteiger partial charge in [0.2, 0.25) is 5.89 Å². The third kappa shape index (κ3) is 4.19. The van der Waals surface area contributed by atoms with Crippen LogP contribution in [0.15, 0.2) is 144 Å². The summed E-state index contributed by atoms with van der Waals surface area (Å²) in [6.45, 7) is 0. The largest absolute Gasteiger partial charge is 0.464 e. The Labute approximate surface area is 257 Å². The van der Waals surface area contributed by atoms with E-state index in [4.69, 9.17) is 14.1 Å². The second kappa shape index (κ2) is 10.0. The van der Waals surface area contributed by atoms with Gasteiger partial charge in [0, 0.05) is 48.4 Å². The van der Waals surface area contributed by atoms with E-state index >= 15 is 0 Å². The van der Waals surface area contributed by atoms with Gasteiger partial charge in [0.05, 0.1) is 5.69 Å². The summed E-state index contributed by atoms with van der Waals surface area (Å²) >= 11 is 1.82. The van der Waals surface area contributed by atoms with Crippen LogP contribution in [0.2, 0.25) is 0 Å². The van der Waals surface area contributed by atoms with Crippen molar-refractivity contribution >= 4 is 65.4 Å². The van der Waals surface area contributed by atoms with Gasteiger partial charge in [0.1, 0.15) is 11.3 Å². The fourth-order valence-corrected chi connectivity index (χ4v) is 7.10. The fourth-order valence-electron chi connectivity index (χ4n) is 6.01. The number of oxazole rings is 1. The second-order valence-electron chi connectivity index (χ2n) is 10.9. The van der Waals surface area contributed by atoms with Crippen molar-refractivity contribution in [1.82, 2.24) is 4.98 Å². The van der Waals surface area contributed by atoms with Crippen molar-refractivity contribution in [3.8, 4) is 17.2 Å². The van der Waals surface area contributed by atoms with Crippen molar-refractivity contribution in [1.29, 1.82) is 0 Å². The van der Waals surface area contributed by atoms with E-state index in [0.29, 0.717) is 5.89 Å². The zero-order valence-corrected chi connectivity index (χ0v) is 24.3. The molecule has 44 heavy (non-hydrogen) atoms. The van der Waals surface area contributed by atoms with Crippen LogP contribution < -0.4 is 15.0 Å². The van der Waals surface area contributed by atoms with Crippen molar-refractivity contribution in [2.75, 3.05) is 10.2 Å². The molecule has 8 aromatic rings. The van der Waals surface area contributed by atoms with Gasteiger partial charge in [-0.25, -0.2) is 4.98 Å². The summed E-state index contributed by atoms with van der Waals surface area (Å²) in [5.41, 5.74) is 7.61. The first kappa shape index (κ1) is 25.0. The highest BCUT2D eigenvalue weighted by Crippen LogP contribution is 2.43. The monoisotopic (exact) mass is 587 g/mol. The first-order valence-electron chi connectivity index (χ1n) is 14.6. The summed E-state index contributed by atoms with van der Waals surface area (Å²) in [6.07, 6.45) is -0.267. The number of para-hydroxylation sites is 2. The number of aromatic nitrogens is 1. The Bertz CT molecular complexity index is 2270. The zero-order valence-electron chi connectivity index (χ0n) is 23.5. The summed E-state index contributed by atoms with van der Waals surface area (Å²) in [7, 11) is 0. The van der Waals surface area contributed by atoms with Crippen LogP contribution in [0.3, 0.4) is 0 Å². The molecule has 0 fully saturated rings. The molecule has 210 valence electrons. The average Bonchev–Trinajstić information content (AvgIpc) is 3.80. The van der Waals surface area contributed by atoms with Gasteiger partial charge >= 0.3 is 0 Å². The van der Waals surface area contributed by atoms with Crippen LogP contribution in [-0.4, -0.2) is 4.98 Å². The fraction of sp³-hybridized carbons (Fsp3) is 0.0263. The van der Waals surface area contributed by atoms with Gasteiger partial charge in [-0.1, -0.05) is 60.7 Å². The van der Waals surface area contributed by atoms with E-state index in [9.17, 15) is 0 Å². The molecule has 0 aliphatic carbocycles. The lowest BCUT2D eigenvalue weighted by Gasteiger charge is -2.25. The van der Waals surface area contributed by atoms with Crippen LogP contribution >= 0.6 is 11.3 Å². The Morgan fingerprint density at radius 1 is 0.636 bits per heavy atom. The molecular formula is C38H25N3O2S. The summed E-state index contributed by atoms with van der Waals surface area (Å²) in [5, 5.41) is 6.10. The Kier molecular flexibility index (Phi) is 5.67. The quantitative estimate of drug-likeness (QED) is 0.217. The lowest BCUT2D eigenvalue weighted by atomic mass is 10.1. The van der Waals surface area contributed by atoms with Crippen molar-refractivity contribution in [2.24, 2.45) is 0 Å². The molecule has 1 unspecified atom stereocenters. The maximum atomic E-state index is 6.34. The van der Waals surface area contributed by atoms with Gasteiger partial charge in [0.15, 0.2) is 11.8 Å². The minimum Gasteiger partial charge on any atom is -0.464 e. The Morgan fingerprint density at radius 2 is 1.39 bits per heavy atom. The minimum absolute atomic E-state index is 0.267. The summed E-state index contributed by atoms with van der Waals surface area (Å²) in [5.74, 6) is 1.39. The molecule has 1 atom stereocenters. The van der Waals surface area contributed by atoms with E-state index in [1.807, 2.05) is 41.7 Å². The molecule has 0 saturated heterocycles. The molecular weight excluding hydrogens is 563 g/mol. The number of benzene rings is 6. The molecule has 0 saturated carbocycles. The number of anilines is 4. The summed E-state index contributed by atoms with van der Waals surface area (Å²) < 4.78 is 15.2. The van der Waals surface area contributed by atoms with Gasteiger partial charge in [-0.3, -0.25) is 0 Å². The van der Waals surface area contributed by atoms with Crippen LogP contribution in [0.5, 0.6) is 5.75 Å². The summed E-state index contributed by atoms with van der Waals surface area (Å²) in [6, 6.07) is 48.0. The highest BCUT2D eigenvalue weighted by Gasteiger charge is 2.25. The molecule has 5 nitrogen and oxygen atoms in total. The number of rotatable bonds is 5. The van der Waals surface area contributed by atoms with Crippen LogP contribution in [0, 0.1) is 0 Å². The molecule has 3 heterocycles. The number of hydrogen-bond acceptors (Lipinski definition) is 6. The molecule has 2 aromatic heterocycles. The SMILES string of the molecule is c1ccc(N(c2ccccc2)c2ccc3oc(-c4ccc5c(c4)NC(c4ccc6sc7ccccc7c6c4)O5)nc3c2)cc1. The van der Waals surface area contributed by atoms with Crippen LogP contribution in [0.1, 0.15) is 11.8 Å². The molecule has 6 heteroatoms. The molecule has 0 amide bonds. The smallest absolute Gasteiger partial charge is 0.227 e. The third-order valence-corrected chi connectivity index (χ3v) is 9.27. The van der Waals surface area contributed by atoms with Gasteiger partial charge in [-0.2, -0.15) is 0 Å². The molecule has 9 rings (SSSR count). The summed E-state index contributed by atoms with van der Waals surface area (Å²) in [4.78, 5) is 7.14. The van der Waals surface area contributed by atoms with Gasteiger partial charge in [-0.05, 0) is 78.9 Å². The first-order chi connectivity index (χ1) is 21.8. The molecule has 0 radical (unpaired) electrons. The van der Waals surface area contributed by atoms with Crippen LogP contribution in [0.4, 0.5) is 22.7 Å². The van der Waals surface area contributed by atoms with Gasteiger partial charge in [0.25, 0.3) is 0 Å². The minimum atomic E-state index is -0.267. The first-order valence-corrected chi connectivity index (χ1v) is 15.4. The van der Waals surface area contributed by atoms with E-state index in [1.165, 1.54) is 20.2 Å². The Morgan fingerprint density at radius 3 is 2.20 bits per heavy atom. The Hall–Kier alpha value is -5.59. The molecule has 0 spiro atoms. The predicted octanol–water partition coefficient (Wildman–Crippen LogP) is 10.8. The topological polar surface area (TPSA) is 50.5 Å². The second-order valence-corrected chi connectivity index (χ2v) is 12.0.